The Morgan fingerprint density at radius 1 is 0.596 bits per heavy atom. The highest BCUT2D eigenvalue weighted by atomic mass is 31.2. The number of phosphoric acid groups is 1. The second kappa shape index (κ2) is 32.5. The first-order valence-corrected chi connectivity index (χ1v) is 19.1. The molecule has 0 amide bonds. The first-order valence-electron chi connectivity index (χ1n) is 17.6. The summed E-state index contributed by atoms with van der Waals surface area (Å²) >= 11 is 0. The van der Waals surface area contributed by atoms with E-state index in [2.05, 4.69) is 44.2 Å². The molecule has 0 spiro atoms. The van der Waals surface area contributed by atoms with E-state index in [1.807, 2.05) is 18.2 Å². The third-order valence-electron chi connectivity index (χ3n) is 7.07. The Morgan fingerprint density at radius 2 is 1.00 bits per heavy atom. The first-order chi connectivity index (χ1) is 22.8. The van der Waals surface area contributed by atoms with Crippen LogP contribution in [0.1, 0.15) is 129 Å². The molecule has 0 saturated heterocycles. The minimum Gasteiger partial charge on any atom is -0.457 e. The molecule has 0 aliphatic heterocycles. The van der Waals surface area contributed by atoms with Gasteiger partial charge in [0.25, 0.3) is 0 Å². The summed E-state index contributed by atoms with van der Waals surface area (Å²) in [5.41, 5.74) is 0. The highest BCUT2D eigenvalue weighted by Gasteiger charge is 2.27. The van der Waals surface area contributed by atoms with Gasteiger partial charge in [0.1, 0.15) is 12.2 Å². The number of allylic oxidation sites excluding steroid dienone is 8. The summed E-state index contributed by atoms with van der Waals surface area (Å²) in [6.45, 7) is 1.96. The summed E-state index contributed by atoms with van der Waals surface area (Å²) in [7, 11) is -4.64. The van der Waals surface area contributed by atoms with Crippen molar-refractivity contribution >= 4 is 19.8 Å². The van der Waals surface area contributed by atoms with Crippen LogP contribution in [0.3, 0.4) is 0 Å². The van der Waals surface area contributed by atoms with Crippen molar-refractivity contribution in [1.29, 1.82) is 0 Å². The van der Waals surface area contributed by atoms with E-state index >= 15 is 0 Å². The predicted molar refractivity (Wildman–Crippen MR) is 187 cm³/mol. The molecule has 0 aliphatic rings. The molecule has 0 aromatic heterocycles. The lowest BCUT2D eigenvalue weighted by atomic mass is 10.1. The molecule has 10 nitrogen and oxygen atoms in total. The molecular formula is C36H63O10P. The fourth-order valence-corrected chi connectivity index (χ4v) is 5.15. The number of hydrogen-bond acceptors (Lipinski definition) is 9. The molecule has 0 bridgehead atoms. The summed E-state index contributed by atoms with van der Waals surface area (Å²) in [5, 5.41) is 19.0. The molecule has 272 valence electrons. The number of unbranched alkanes of at least 4 members (excludes halogenated alkanes) is 10. The quantitative estimate of drug-likeness (QED) is 0.0274. The van der Waals surface area contributed by atoms with E-state index in [0.29, 0.717) is 12.8 Å². The largest absolute Gasteiger partial charge is 0.472 e. The van der Waals surface area contributed by atoms with Gasteiger partial charge in [-0.15, -0.1) is 0 Å². The third kappa shape index (κ3) is 31.0. The van der Waals surface area contributed by atoms with Crippen LogP contribution in [-0.4, -0.2) is 65.7 Å². The Balaban J connectivity index is 4.12. The predicted octanol–water partition coefficient (Wildman–Crippen LogP) is 8.21. The Bertz CT molecular complexity index is 931. The van der Waals surface area contributed by atoms with Gasteiger partial charge in [-0.05, 0) is 38.5 Å². The van der Waals surface area contributed by atoms with Crippen LogP contribution in [0.5, 0.6) is 0 Å². The maximum absolute atomic E-state index is 12.3. The summed E-state index contributed by atoms with van der Waals surface area (Å²) in [6.07, 6.45) is 31.1. The minimum absolute atomic E-state index is 0.0702. The molecule has 0 aliphatic carbocycles. The number of hydrogen-bond donors (Lipinski definition) is 3. The van der Waals surface area contributed by atoms with Crippen molar-refractivity contribution in [1.82, 2.24) is 0 Å². The summed E-state index contributed by atoms with van der Waals surface area (Å²) in [6, 6.07) is 0. The molecule has 0 aromatic carbocycles. The van der Waals surface area contributed by atoms with Crippen LogP contribution in [0, 0.1) is 0 Å². The van der Waals surface area contributed by atoms with Crippen molar-refractivity contribution in [2.24, 2.45) is 0 Å². The molecule has 0 rings (SSSR count). The van der Waals surface area contributed by atoms with Crippen LogP contribution >= 0.6 is 7.82 Å². The highest BCUT2D eigenvalue weighted by Crippen LogP contribution is 2.43. The van der Waals surface area contributed by atoms with Gasteiger partial charge in [-0.1, -0.05) is 127 Å². The number of ether oxygens (including phenoxy) is 2. The SMILES string of the molecule is CC/C=C\C/C=C\C/C=C\C/C=C\CCC(=O)OC(CO)COP(=O)(O)OCC(CO)OC(=O)CCCCCCCCCCCCC. The van der Waals surface area contributed by atoms with Crippen LogP contribution in [0.2, 0.25) is 0 Å². The molecule has 0 heterocycles. The number of aliphatic hydroxyl groups excluding tert-OH is 2. The lowest BCUT2D eigenvalue weighted by Gasteiger charge is -2.20. The van der Waals surface area contributed by atoms with Crippen LogP contribution < -0.4 is 0 Å². The van der Waals surface area contributed by atoms with Crippen LogP contribution in [0.15, 0.2) is 48.6 Å². The molecule has 3 unspecified atom stereocenters. The molecule has 47 heavy (non-hydrogen) atoms. The average Bonchev–Trinajstić information content (AvgIpc) is 3.05. The van der Waals surface area contributed by atoms with Crippen LogP contribution in [0.25, 0.3) is 0 Å². The monoisotopic (exact) mass is 686 g/mol. The van der Waals surface area contributed by atoms with Gasteiger partial charge in [0.15, 0.2) is 0 Å². The van der Waals surface area contributed by atoms with Crippen molar-refractivity contribution in [3.8, 4) is 0 Å². The van der Waals surface area contributed by atoms with Crippen molar-refractivity contribution in [3.05, 3.63) is 48.6 Å². The maximum Gasteiger partial charge on any atom is 0.472 e. The Labute approximate surface area is 283 Å². The lowest BCUT2D eigenvalue weighted by molar-refractivity contribution is -0.153. The van der Waals surface area contributed by atoms with Crippen molar-refractivity contribution < 1.29 is 47.8 Å². The van der Waals surface area contributed by atoms with Crippen molar-refractivity contribution in [2.75, 3.05) is 26.4 Å². The van der Waals surface area contributed by atoms with E-state index in [1.165, 1.54) is 44.9 Å². The number of esters is 2. The van der Waals surface area contributed by atoms with E-state index < -0.39 is 58.4 Å². The van der Waals surface area contributed by atoms with E-state index in [-0.39, 0.29) is 12.8 Å². The number of carbonyl (C=O) groups excluding carboxylic acids is 2. The molecular weight excluding hydrogens is 623 g/mol. The van der Waals surface area contributed by atoms with Gasteiger partial charge in [0.05, 0.1) is 26.4 Å². The molecule has 0 saturated carbocycles. The fourth-order valence-electron chi connectivity index (χ4n) is 4.36. The van der Waals surface area contributed by atoms with Gasteiger partial charge in [-0.3, -0.25) is 18.6 Å². The number of aliphatic hydroxyl groups is 2. The fraction of sp³-hybridized carbons (Fsp3) is 0.722. The number of phosphoric ester groups is 1. The Morgan fingerprint density at radius 3 is 1.45 bits per heavy atom. The second-order valence-corrected chi connectivity index (χ2v) is 12.9. The Hall–Kier alpha value is -2.07. The van der Waals surface area contributed by atoms with Crippen molar-refractivity contribution in [3.63, 3.8) is 0 Å². The van der Waals surface area contributed by atoms with E-state index in [0.717, 1.165) is 44.9 Å². The molecule has 0 fully saturated rings. The normalized spacial score (nSPS) is 14.7. The van der Waals surface area contributed by atoms with Gasteiger partial charge >= 0.3 is 19.8 Å². The van der Waals surface area contributed by atoms with Gasteiger partial charge in [-0.25, -0.2) is 4.57 Å². The van der Waals surface area contributed by atoms with Gasteiger partial charge in [0, 0.05) is 12.8 Å². The highest BCUT2D eigenvalue weighted by molar-refractivity contribution is 7.47. The van der Waals surface area contributed by atoms with Gasteiger partial charge < -0.3 is 24.6 Å². The first kappa shape index (κ1) is 44.9. The second-order valence-electron chi connectivity index (χ2n) is 11.5. The summed E-state index contributed by atoms with van der Waals surface area (Å²) in [5.74, 6) is -1.11. The van der Waals surface area contributed by atoms with Crippen LogP contribution in [0.4, 0.5) is 0 Å². The maximum atomic E-state index is 12.3. The lowest BCUT2D eigenvalue weighted by Crippen LogP contribution is -2.28. The van der Waals surface area contributed by atoms with E-state index in [1.54, 1.807) is 0 Å². The van der Waals surface area contributed by atoms with E-state index in [4.69, 9.17) is 18.5 Å². The molecule has 0 radical (unpaired) electrons. The van der Waals surface area contributed by atoms with Gasteiger partial charge in [0.2, 0.25) is 0 Å². The molecule has 11 heteroatoms. The third-order valence-corrected chi connectivity index (χ3v) is 8.02. The van der Waals surface area contributed by atoms with Gasteiger partial charge in [-0.2, -0.15) is 0 Å². The topological polar surface area (TPSA) is 149 Å². The zero-order valence-electron chi connectivity index (χ0n) is 29.0. The Kier molecular flexibility index (Phi) is 31.0. The average molecular weight is 687 g/mol. The molecule has 0 aromatic rings. The smallest absolute Gasteiger partial charge is 0.457 e. The number of rotatable bonds is 32. The van der Waals surface area contributed by atoms with Crippen LogP contribution in [-0.2, 0) is 32.7 Å². The van der Waals surface area contributed by atoms with E-state index in [9.17, 15) is 29.3 Å². The summed E-state index contributed by atoms with van der Waals surface area (Å²) < 4.78 is 32.3. The number of carbonyl (C=O) groups is 2. The zero-order chi connectivity index (χ0) is 34.9. The zero-order valence-corrected chi connectivity index (χ0v) is 29.9. The molecule has 3 atom stereocenters. The minimum atomic E-state index is -4.64. The molecule has 3 N–H and O–H groups in total. The summed E-state index contributed by atoms with van der Waals surface area (Å²) in [4.78, 5) is 34.2. The van der Waals surface area contributed by atoms with Crippen molar-refractivity contribution in [2.45, 2.75) is 142 Å². The standard InChI is InChI=1S/C36H63O10P/c1-3-5-7-9-11-13-15-16-18-20-22-24-26-28-36(40)46-34(30-38)32-44-47(41,42)43-31-33(29-37)45-35(39)27-25-23-21-19-17-14-12-10-8-6-4-2/h5,7,11,13,16,18,22,24,33-34,37-38H,3-4,6,8-10,12,14-15,17,19-21,23,25-32H2,1-2H3,(H,41,42)/b7-5-,13-11-,18-16-,24-22-.